The molecule has 5 unspecified atom stereocenters. The van der Waals surface area contributed by atoms with Crippen LogP contribution in [0.4, 0.5) is 0 Å². The van der Waals surface area contributed by atoms with Crippen LogP contribution in [0.1, 0.15) is 351 Å². The Bertz CT molecular complexity index is 1790. The first-order valence-electron chi connectivity index (χ1n) is 36.8. The SMILES string of the molecule is CCC(C)CCCCCCCCCCCCC(=O)OC[C@H](COP(=O)(O)OC[C@@H](O)COP(=O)(O)OC[C@@H](COC(=O)CCCCCCCCC(C)CC)OC(=O)CCCCCCCCCCCCCC(C)C)OC(=O)CCCCCCCCCCC(C)CC. The minimum atomic E-state index is -4.95. The van der Waals surface area contributed by atoms with Crippen LogP contribution in [0.2, 0.25) is 0 Å². The molecule has 0 spiro atoms. The predicted octanol–water partition coefficient (Wildman–Crippen LogP) is 20.1. The second-order valence-electron chi connectivity index (χ2n) is 26.8. The Hall–Kier alpha value is -1.94. The van der Waals surface area contributed by atoms with Gasteiger partial charge in [-0.2, -0.15) is 0 Å². The van der Waals surface area contributed by atoms with E-state index in [9.17, 15) is 43.2 Å². The highest BCUT2D eigenvalue weighted by Crippen LogP contribution is 2.45. The summed E-state index contributed by atoms with van der Waals surface area (Å²) in [5, 5.41) is 10.6. The number of esters is 4. The van der Waals surface area contributed by atoms with Crippen LogP contribution in [0.3, 0.4) is 0 Å². The summed E-state index contributed by atoms with van der Waals surface area (Å²) in [5.74, 6) is 0.946. The number of hydrogen-bond acceptors (Lipinski definition) is 15. The van der Waals surface area contributed by atoms with E-state index in [1.807, 2.05) is 0 Å². The van der Waals surface area contributed by atoms with Gasteiger partial charge in [0.1, 0.15) is 19.3 Å². The Kier molecular flexibility index (Phi) is 59.4. The van der Waals surface area contributed by atoms with Crippen LogP contribution >= 0.6 is 15.6 Å². The smallest absolute Gasteiger partial charge is 0.462 e. The Labute approximate surface area is 549 Å². The van der Waals surface area contributed by atoms with Crippen LogP contribution in [0, 0.1) is 23.7 Å². The van der Waals surface area contributed by atoms with E-state index >= 15 is 0 Å². The molecule has 0 aromatic rings. The van der Waals surface area contributed by atoms with E-state index in [1.165, 1.54) is 148 Å². The minimum absolute atomic E-state index is 0.104. The Morgan fingerprint density at radius 1 is 0.311 bits per heavy atom. The van der Waals surface area contributed by atoms with Crippen molar-refractivity contribution in [1.82, 2.24) is 0 Å². The molecule has 534 valence electrons. The molecule has 0 aliphatic carbocycles. The first kappa shape index (κ1) is 88.1. The Morgan fingerprint density at radius 3 is 0.789 bits per heavy atom. The van der Waals surface area contributed by atoms with Crippen molar-refractivity contribution in [3.63, 3.8) is 0 Å². The number of hydrogen-bond donors (Lipinski definition) is 3. The number of rotatable bonds is 68. The van der Waals surface area contributed by atoms with Gasteiger partial charge in [-0.25, -0.2) is 9.13 Å². The summed E-state index contributed by atoms with van der Waals surface area (Å²) in [4.78, 5) is 72.6. The van der Waals surface area contributed by atoms with Gasteiger partial charge in [0.25, 0.3) is 0 Å². The van der Waals surface area contributed by atoms with E-state index in [0.717, 1.165) is 120 Å². The Balaban J connectivity index is 5.27. The van der Waals surface area contributed by atoms with Gasteiger partial charge in [-0.05, 0) is 49.4 Å². The van der Waals surface area contributed by atoms with Gasteiger partial charge >= 0.3 is 39.5 Å². The van der Waals surface area contributed by atoms with E-state index in [4.69, 9.17) is 37.0 Å². The number of carbonyl (C=O) groups excluding carboxylic acids is 4. The third kappa shape index (κ3) is 61.0. The molecule has 0 aromatic heterocycles. The zero-order chi connectivity index (χ0) is 66.8. The van der Waals surface area contributed by atoms with Gasteiger partial charge in [-0.3, -0.25) is 37.3 Å². The average molecular weight is 1330 g/mol. The van der Waals surface area contributed by atoms with Gasteiger partial charge in [0, 0.05) is 25.7 Å². The van der Waals surface area contributed by atoms with E-state index in [2.05, 4.69) is 55.4 Å². The molecule has 8 atom stereocenters. The summed E-state index contributed by atoms with van der Waals surface area (Å²) in [5.41, 5.74) is 0. The average Bonchev–Trinajstić information content (AvgIpc) is 3.48. The van der Waals surface area contributed by atoms with Gasteiger partial charge in [-0.1, -0.05) is 299 Å². The molecule has 0 bridgehead atoms. The number of phosphoric ester groups is 2. The van der Waals surface area contributed by atoms with Gasteiger partial charge in [-0.15, -0.1) is 0 Å². The molecule has 0 saturated heterocycles. The highest BCUT2D eigenvalue weighted by Gasteiger charge is 2.30. The number of phosphoric acid groups is 2. The highest BCUT2D eigenvalue weighted by molar-refractivity contribution is 7.47. The molecule has 0 rings (SSSR count). The topological polar surface area (TPSA) is 237 Å². The quantitative estimate of drug-likeness (QED) is 0.0222. The molecular weight excluding hydrogens is 1190 g/mol. The van der Waals surface area contributed by atoms with E-state index in [0.29, 0.717) is 25.7 Å². The second-order valence-corrected chi connectivity index (χ2v) is 29.7. The normalized spacial score (nSPS) is 15.2. The maximum atomic E-state index is 13.0. The van der Waals surface area contributed by atoms with Crippen molar-refractivity contribution >= 4 is 39.5 Å². The van der Waals surface area contributed by atoms with Gasteiger partial charge < -0.3 is 33.8 Å². The first-order chi connectivity index (χ1) is 43.2. The van der Waals surface area contributed by atoms with Gasteiger partial charge in [0.15, 0.2) is 12.2 Å². The summed E-state index contributed by atoms with van der Waals surface area (Å²) in [6.45, 7) is 14.1. The van der Waals surface area contributed by atoms with Gasteiger partial charge in [0.2, 0.25) is 0 Å². The van der Waals surface area contributed by atoms with Crippen LogP contribution < -0.4 is 0 Å². The van der Waals surface area contributed by atoms with Crippen molar-refractivity contribution in [2.45, 2.75) is 369 Å². The van der Waals surface area contributed by atoms with Crippen LogP contribution in [0.25, 0.3) is 0 Å². The molecule has 0 aliphatic rings. The number of ether oxygens (including phenoxy) is 4. The lowest BCUT2D eigenvalue weighted by Gasteiger charge is -2.21. The monoisotopic (exact) mass is 1320 g/mol. The third-order valence-corrected chi connectivity index (χ3v) is 19.3. The molecule has 0 saturated carbocycles. The van der Waals surface area contributed by atoms with Gasteiger partial charge in [0.05, 0.1) is 26.4 Å². The molecule has 0 heterocycles. The fourth-order valence-electron chi connectivity index (χ4n) is 10.6. The summed E-state index contributed by atoms with van der Waals surface area (Å²) in [7, 11) is -9.91. The zero-order valence-electron chi connectivity index (χ0n) is 58.8. The fourth-order valence-corrected chi connectivity index (χ4v) is 12.1. The third-order valence-electron chi connectivity index (χ3n) is 17.4. The molecule has 0 fully saturated rings. The van der Waals surface area contributed by atoms with Crippen molar-refractivity contribution < 1.29 is 80.2 Å². The summed E-state index contributed by atoms with van der Waals surface area (Å²) >= 11 is 0. The molecule has 0 amide bonds. The Morgan fingerprint density at radius 2 is 0.533 bits per heavy atom. The molecule has 3 N–H and O–H groups in total. The van der Waals surface area contributed by atoms with E-state index < -0.39 is 97.5 Å². The minimum Gasteiger partial charge on any atom is -0.462 e. The molecule has 0 aliphatic heterocycles. The van der Waals surface area contributed by atoms with Crippen LogP contribution in [0.5, 0.6) is 0 Å². The predicted molar refractivity (Wildman–Crippen MR) is 363 cm³/mol. The lowest BCUT2D eigenvalue weighted by atomic mass is 9.99. The first-order valence-corrected chi connectivity index (χ1v) is 39.8. The van der Waals surface area contributed by atoms with Crippen LogP contribution in [-0.2, 0) is 65.4 Å². The fraction of sp³-hybridized carbons (Fsp3) is 0.944. The van der Waals surface area contributed by atoms with Crippen LogP contribution in [0.15, 0.2) is 0 Å². The number of carbonyl (C=O) groups is 4. The lowest BCUT2D eigenvalue weighted by Crippen LogP contribution is -2.30. The van der Waals surface area contributed by atoms with Crippen LogP contribution in [-0.4, -0.2) is 96.7 Å². The lowest BCUT2D eigenvalue weighted by molar-refractivity contribution is -0.161. The van der Waals surface area contributed by atoms with E-state index in [1.54, 1.807) is 0 Å². The number of aliphatic hydroxyl groups is 1. The summed E-state index contributed by atoms with van der Waals surface area (Å²) in [6.07, 6.45) is 42.9. The van der Waals surface area contributed by atoms with Crippen molar-refractivity contribution in [2.75, 3.05) is 39.6 Å². The summed E-state index contributed by atoms with van der Waals surface area (Å²) < 4.78 is 68.3. The van der Waals surface area contributed by atoms with Crippen molar-refractivity contribution in [3.05, 3.63) is 0 Å². The van der Waals surface area contributed by atoms with Crippen molar-refractivity contribution in [3.8, 4) is 0 Å². The molecule has 19 heteroatoms. The maximum Gasteiger partial charge on any atom is 0.472 e. The standard InChI is InChI=1S/C71H138O17P2/c1-9-62(6)48-40-32-24-18-15-16-19-26-35-43-51-68(73)81-57-66(88-71(76)54-46-38-28-22-21-25-33-41-49-63(7)10-2)59-85-89(77,78)83-55-65(72)56-84-90(79,80)86-60-67(58-82-69(74)52-44-36-30-29-34-42-50-64(8)11-3)87-70(75)53-45-37-27-20-14-12-13-17-23-31-39-47-61(4)5/h61-67,72H,9-60H2,1-8H3,(H,77,78)(H,79,80)/t62?,63?,64?,65-,66-,67-/m1/s1. The molecule has 0 radical (unpaired) electrons. The van der Waals surface area contributed by atoms with Crippen molar-refractivity contribution in [1.29, 1.82) is 0 Å². The second kappa shape index (κ2) is 60.7. The van der Waals surface area contributed by atoms with E-state index in [-0.39, 0.29) is 25.7 Å². The largest absolute Gasteiger partial charge is 0.472 e. The molecular formula is C71H138O17P2. The molecule has 90 heavy (non-hydrogen) atoms. The zero-order valence-corrected chi connectivity index (χ0v) is 60.6. The summed E-state index contributed by atoms with van der Waals surface area (Å²) in [6, 6.07) is 0. The maximum absolute atomic E-state index is 13.0. The number of aliphatic hydroxyl groups excluding tert-OH is 1. The molecule has 17 nitrogen and oxygen atoms in total. The number of unbranched alkanes of at least 4 members (excludes halogenated alkanes) is 31. The molecule has 0 aromatic carbocycles. The highest BCUT2D eigenvalue weighted by atomic mass is 31.2. The van der Waals surface area contributed by atoms with Crippen molar-refractivity contribution in [2.24, 2.45) is 23.7 Å².